The lowest BCUT2D eigenvalue weighted by Crippen LogP contribution is -2.47. The molecule has 1 fully saturated rings. The molecule has 2 aliphatic rings. The fourth-order valence-corrected chi connectivity index (χ4v) is 4.65. The van der Waals surface area contributed by atoms with Crippen molar-refractivity contribution in [3.63, 3.8) is 0 Å². The van der Waals surface area contributed by atoms with Gasteiger partial charge in [0.1, 0.15) is 5.75 Å². The van der Waals surface area contributed by atoms with Gasteiger partial charge in [0.15, 0.2) is 5.78 Å². The molecule has 0 bridgehead atoms. The van der Waals surface area contributed by atoms with Crippen molar-refractivity contribution in [3.05, 3.63) is 65.9 Å². The molecule has 0 unspecified atom stereocenters. The summed E-state index contributed by atoms with van der Waals surface area (Å²) in [5.41, 5.74) is 4.55. The lowest BCUT2D eigenvalue weighted by atomic mass is 9.83. The number of anilines is 2. The lowest BCUT2D eigenvalue weighted by Gasteiger charge is -2.35. The number of fused-ring (bicyclic) bond motifs is 1. The van der Waals surface area contributed by atoms with Crippen LogP contribution in [0.5, 0.6) is 5.75 Å². The van der Waals surface area contributed by atoms with Crippen LogP contribution in [0.25, 0.3) is 0 Å². The van der Waals surface area contributed by atoms with Gasteiger partial charge in [-0.25, -0.2) is 0 Å². The Balaban J connectivity index is 1.39. The first-order valence-corrected chi connectivity index (χ1v) is 10.6. The minimum absolute atomic E-state index is 0.161. The summed E-state index contributed by atoms with van der Waals surface area (Å²) in [6.07, 6.45) is 1.86. The highest BCUT2D eigenvalue weighted by atomic mass is 16.5. The SMILES string of the molecule is COc1cccc(N2CCN(CC(=O)/C=C3/N(C)c4ccccc4C3(C)C)CC2)c1. The standard InChI is InChI=1S/C25H31N3O2/c1-25(2)22-10-5-6-11-23(22)26(3)24(25)17-20(29)18-27-12-14-28(15-13-27)19-8-7-9-21(16-19)30-4/h5-11,16-17H,12-15,18H2,1-4H3/b24-17+. The fourth-order valence-electron chi connectivity index (χ4n) is 4.65. The van der Waals surface area contributed by atoms with Crippen LogP contribution in [0.2, 0.25) is 0 Å². The molecule has 158 valence electrons. The zero-order valence-corrected chi connectivity index (χ0v) is 18.4. The third-order valence-corrected chi connectivity index (χ3v) is 6.41. The van der Waals surface area contributed by atoms with Gasteiger partial charge < -0.3 is 14.5 Å². The highest BCUT2D eigenvalue weighted by Gasteiger charge is 2.38. The Morgan fingerprint density at radius 1 is 1.07 bits per heavy atom. The van der Waals surface area contributed by atoms with Crippen molar-refractivity contribution >= 4 is 17.2 Å². The van der Waals surface area contributed by atoms with Gasteiger partial charge in [-0.05, 0) is 23.8 Å². The summed E-state index contributed by atoms with van der Waals surface area (Å²) in [6, 6.07) is 16.6. The van der Waals surface area contributed by atoms with E-state index in [-0.39, 0.29) is 11.2 Å². The van der Waals surface area contributed by atoms with Crippen LogP contribution in [0.4, 0.5) is 11.4 Å². The number of para-hydroxylation sites is 1. The topological polar surface area (TPSA) is 36.0 Å². The molecule has 2 aromatic carbocycles. The smallest absolute Gasteiger partial charge is 0.171 e. The molecule has 30 heavy (non-hydrogen) atoms. The summed E-state index contributed by atoms with van der Waals surface area (Å²) >= 11 is 0. The first-order valence-electron chi connectivity index (χ1n) is 10.6. The highest BCUT2D eigenvalue weighted by molar-refractivity contribution is 5.94. The van der Waals surface area contributed by atoms with Crippen LogP contribution in [-0.4, -0.2) is 57.6 Å². The number of rotatable bonds is 5. The molecule has 2 aliphatic heterocycles. The van der Waals surface area contributed by atoms with Crippen LogP contribution in [0, 0.1) is 0 Å². The molecular formula is C25H31N3O2. The maximum absolute atomic E-state index is 12.9. The van der Waals surface area contributed by atoms with Crippen LogP contribution < -0.4 is 14.5 Å². The van der Waals surface area contributed by atoms with Gasteiger partial charge in [-0.2, -0.15) is 0 Å². The van der Waals surface area contributed by atoms with Crippen molar-refractivity contribution in [1.82, 2.24) is 4.90 Å². The minimum atomic E-state index is -0.161. The molecule has 0 amide bonds. The molecule has 0 aliphatic carbocycles. The number of carbonyl (C=O) groups is 1. The fraction of sp³-hybridized carbons (Fsp3) is 0.400. The predicted molar refractivity (Wildman–Crippen MR) is 123 cm³/mol. The van der Waals surface area contributed by atoms with E-state index in [0.29, 0.717) is 6.54 Å². The average Bonchev–Trinajstić information content (AvgIpc) is 2.95. The monoisotopic (exact) mass is 405 g/mol. The van der Waals surface area contributed by atoms with Gasteiger partial charge in [0, 0.05) is 67.9 Å². The van der Waals surface area contributed by atoms with E-state index in [9.17, 15) is 4.79 Å². The molecule has 0 saturated carbocycles. The molecular weight excluding hydrogens is 374 g/mol. The Kier molecular flexibility index (Phi) is 5.56. The maximum atomic E-state index is 12.9. The summed E-state index contributed by atoms with van der Waals surface area (Å²) in [4.78, 5) is 19.7. The molecule has 5 nitrogen and oxygen atoms in total. The summed E-state index contributed by atoms with van der Waals surface area (Å²) in [7, 11) is 3.75. The number of hydrogen-bond donors (Lipinski definition) is 0. The molecule has 5 heteroatoms. The van der Waals surface area contributed by atoms with Crippen molar-refractivity contribution < 1.29 is 9.53 Å². The molecule has 0 spiro atoms. The Labute approximate surface area is 179 Å². The van der Waals surface area contributed by atoms with E-state index in [4.69, 9.17) is 4.74 Å². The normalized spacial score (nSPS) is 19.8. The second-order valence-electron chi connectivity index (χ2n) is 8.66. The van der Waals surface area contributed by atoms with Crippen LogP contribution >= 0.6 is 0 Å². The number of carbonyl (C=O) groups excluding carboxylic acids is 1. The number of benzene rings is 2. The number of nitrogens with zero attached hydrogens (tertiary/aromatic N) is 3. The largest absolute Gasteiger partial charge is 0.497 e. The van der Waals surface area contributed by atoms with E-state index >= 15 is 0 Å². The molecule has 1 saturated heterocycles. The number of allylic oxidation sites excluding steroid dienone is 1. The Hall–Kier alpha value is -2.79. The van der Waals surface area contributed by atoms with Crippen molar-refractivity contribution in [3.8, 4) is 5.75 Å². The van der Waals surface area contributed by atoms with Crippen molar-refractivity contribution in [2.45, 2.75) is 19.3 Å². The van der Waals surface area contributed by atoms with Gasteiger partial charge in [-0.15, -0.1) is 0 Å². The first-order chi connectivity index (χ1) is 14.4. The van der Waals surface area contributed by atoms with Crippen LogP contribution in [0.3, 0.4) is 0 Å². The zero-order valence-electron chi connectivity index (χ0n) is 18.4. The Morgan fingerprint density at radius 2 is 1.80 bits per heavy atom. The quantitative estimate of drug-likeness (QED) is 0.709. The predicted octanol–water partition coefficient (Wildman–Crippen LogP) is 3.70. The summed E-state index contributed by atoms with van der Waals surface area (Å²) in [5.74, 6) is 1.05. The Morgan fingerprint density at radius 3 is 2.50 bits per heavy atom. The van der Waals surface area contributed by atoms with E-state index in [1.807, 2.05) is 18.2 Å². The maximum Gasteiger partial charge on any atom is 0.171 e. The van der Waals surface area contributed by atoms with E-state index in [1.54, 1.807) is 7.11 Å². The molecule has 0 aromatic heterocycles. The third kappa shape index (κ3) is 3.82. The average molecular weight is 406 g/mol. The summed E-state index contributed by atoms with van der Waals surface area (Å²) in [6.45, 7) is 8.44. The van der Waals surface area contributed by atoms with E-state index in [2.05, 4.69) is 72.0 Å². The lowest BCUT2D eigenvalue weighted by molar-refractivity contribution is -0.115. The van der Waals surface area contributed by atoms with Crippen LogP contribution in [0.1, 0.15) is 19.4 Å². The van der Waals surface area contributed by atoms with Gasteiger partial charge >= 0.3 is 0 Å². The van der Waals surface area contributed by atoms with E-state index in [0.717, 1.165) is 37.6 Å². The van der Waals surface area contributed by atoms with E-state index in [1.165, 1.54) is 16.9 Å². The number of hydrogen-bond acceptors (Lipinski definition) is 5. The van der Waals surface area contributed by atoms with Gasteiger partial charge in [0.25, 0.3) is 0 Å². The molecule has 2 heterocycles. The van der Waals surface area contributed by atoms with E-state index < -0.39 is 0 Å². The molecule has 4 rings (SSSR count). The second kappa shape index (κ2) is 8.15. The molecule has 0 atom stereocenters. The minimum Gasteiger partial charge on any atom is -0.497 e. The zero-order chi connectivity index (χ0) is 21.3. The number of likely N-dealkylation sites (N-methyl/N-ethyl adjacent to an activating group) is 1. The number of piperazine rings is 1. The number of ether oxygens (including phenoxy) is 1. The third-order valence-electron chi connectivity index (χ3n) is 6.41. The second-order valence-corrected chi connectivity index (χ2v) is 8.66. The number of methoxy groups -OCH3 is 1. The molecule has 0 N–H and O–H groups in total. The van der Waals surface area contributed by atoms with Crippen molar-refractivity contribution in [1.29, 1.82) is 0 Å². The van der Waals surface area contributed by atoms with Crippen molar-refractivity contribution in [2.75, 3.05) is 56.7 Å². The molecule has 0 radical (unpaired) electrons. The Bertz CT molecular complexity index is 958. The van der Waals surface area contributed by atoms with Gasteiger partial charge in [-0.3, -0.25) is 9.69 Å². The van der Waals surface area contributed by atoms with Crippen LogP contribution in [0.15, 0.2) is 60.3 Å². The number of ketones is 1. The molecule has 2 aromatic rings. The summed E-state index contributed by atoms with van der Waals surface area (Å²) in [5, 5.41) is 0. The van der Waals surface area contributed by atoms with Gasteiger partial charge in [-0.1, -0.05) is 38.1 Å². The van der Waals surface area contributed by atoms with Crippen molar-refractivity contribution in [2.24, 2.45) is 0 Å². The highest BCUT2D eigenvalue weighted by Crippen LogP contribution is 2.46. The first kappa shape index (κ1) is 20.5. The van der Waals surface area contributed by atoms with Crippen LogP contribution in [-0.2, 0) is 10.2 Å². The van der Waals surface area contributed by atoms with Gasteiger partial charge in [0.05, 0.1) is 13.7 Å². The summed E-state index contributed by atoms with van der Waals surface area (Å²) < 4.78 is 5.34. The van der Waals surface area contributed by atoms with Gasteiger partial charge in [0.2, 0.25) is 0 Å².